The molecule has 1 aromatic rings. The van der Waals surface area contributed by atoms with Crippen LogP contribution in [0, 0.1) is 5.92 Å². The number of hydrogen-bond donors (Lipinski definition) is 1. The Morgan fingerprint density at radius 1 is 1.17 bits per heavy atom. The van der Waals surface area contributed by atoms with E-state index in [4.69, 9.17) is 0 Å². The van der Waals surface area contributed by atoms with Gasteiger partial charge in [-0.1, -0.05) is 25.1 Å². The standard InChI is InChI=1S/C19H26N2O.ClH/c1-13-8-9-21(18-5-3-2-4-17(13)18)19(22)12-14-10-15-6-7-16(11-14)20-15;/h2-5,13-16,20H,6-12H2,1H3;1H. The second-order valence-electron chi connectivity index (χ2n) is 7.47. The number of carbonyl (C=O) groups excluding carboxylic acids is 1. The van der Waals surface area contributed by atoms with Crippen molar-refractivity contribution in [2.24, 2.45) is 5.92 Å². The van der Waals surface area contributed by atoms with E-state index in [0.29, 0.717) is 29.8 Å². The molecule has 4 rings (SSSR count). The van der Waals surface area contributed by atoms with Gasteiger partial charge in [-0.25, -0.2) is 0 Å². The lowest BCUT2D eigenvalue weighted by molar-refractivity contribution is -0.119. The minimum absolute atomic E-state index is 0. The number of nitrogens with one attached hydrogen (secondary N) is 1. The van der Waals surface area contributed by atoms with Crippen molar-refractivity contribution in [3.05, 3.63) is 29.8 Å². The Morgan fingerprint density at radius 2 is 1.87 bits per heavy atom. The van der Waals surface area contributed by atoms with Crippen molar-refractivity contribution >= 4 is 24.0 Å². The number of benzene rings is 1. The van der Waals surface area contributed by atoms with E-state index in [1.165, 1.54) is 31.2 Å². The number of rotatable bonds is 2. The SMILES string of the molecule is CC1CCN(C(=O)CC2CC3CCC(C2)N3)c2ccccc21.Cl. The number of piperidine rings is 1. The summed E-state index contributed by atoms with van der Waals surface area (Å²) in [6, 6.07) is 9.80. The highest BCUT2D eigenvalue weighted by Crippen LogP contribution is 2.37. The third kappa shape index (κ3) is 3.27. The van der Waals surface area contributed by atoms with Gasteiger partial charge in [0.05, 0.1) is 0 Å². The molecule has 23 heavy (non-hydrogen) atoms. The molecule has 0 saturated carbocycles. The molecular formula is C19H27ClN2O. The van der Waals surface area contributed by atoms with Crippen LogP contribution < -0.4 is 10.2 Å². The second kappa shape index (κ2) is 6.82. The molecule has 2 bridgehead atoms. The van der Waals surface area contributed by atoms with Crippen molar-refractivity contribution < 1.29 is 4.79 Å². The average Bonchev–Trinajstić information content (AvgIpc) is 2.86. The minimum atomic E-state index is 0. The lowest BCUT2D eigenvalue weighted by Gasteiger charge is -2.35. The summed E-state index contributed by atoms with van der Waals surface area (Å²) < 4.78 is 0. The van der Waals surface area contributed by atoms with Crippen LogP contribution in [-0.4, -0.2) is 24.5 Å². The van der Waals surface area contributed by atoms with Gasteiger partial charge < -0.3 is 10.2 Å². The normalized spacial score (nSPS) is 32.1. The molecule has 2 saturated heterocycles. The molecule has 3 unspecified atom stereocenters. The van der Waals surface area contributed by atoms with Gasteiger partial charge in [0.25, 0.3) is 0 Å². The zero-order valence-corrected chi connectivity index (χ0v) is 14.6. The molecule has 2 fully saturated rings. The van der Waals surface area contributed by atoms with Gasteiger partial charge in [-0.05, 0) is 55.6 Å². The summed E-state index contributed by atoms with van der Waals surface area (Å²) in [5.74, 6) is 1.48. The number of anilines is 1. The molecule has 1 N–H and O–H groups in total. The summed E-state index contributed by atoms with van der Waals surface area (Å²) in [5.41, 5.74) is 2.50. The molecule has 4 heteroatoms. The molecule has 1 aromatic carbocycles. The molecule has 0 aliphatic carbocycles. The number of nitrogens with zero attached hydrogens (tertiary/aromatic N) is 1. The highest BCUT2D eigenvalue weighted by atomic mass is 35.5. The number of carbonyl (C=O) groups is 1. The van der Waals surface area contributed by atoms with E-state index in [1.807, 2.05) is 0 Å². The first-order valence-electron chi connectivity index (χ1n) is 8.86. The Morgan fingerprint density at radius 3 is 2.61 bits per heavy atom. The van der Waals surface area contributed by atoms with Gasteiger partial charge in [-0.15, -0.1) is 12.4 Å². The van der Waals surface area contributed by atoms with Gasteiger partial charge in [0.1, 0.15) is 0 Å². The molecule has 3 atom stereocenters. The van der Waals surface area contributed by atoms with E-state index in [0.717, 1.165) is 25.1 Å². The first-order valence-corrected chi connectivity index (χ1v) is 8.86. The molecule has 3 nitrogen and oxygen atoms in total. The van der Waals surface area contributed by atoms with Crippen molar-refractivity contribution in [3.63, 3.8) is 0 Å². The summed E-state index contributed by atoms with van der Waals surface area (Å²) in [6.07, 6.45) is 6.80. The minimum Gasteiger partial charge on any atom is -0.312 e. The molecule has 3 aliphatic rings. The van der Waals surface area contributed by atoms with Gasteiger partial charge in [0.15, 0.2) is 0 Å². The van der Waals surface area contributed by atoms with E-state index in [-0.39, 0.29) is 12.4 Å². The molecule has 0 radical (unpaired) electrons. The number of amides is 1. The summed E-state index contributed by atoms with van der Waals surface area (Å²) in [5, 5.41) is 3.67. The first kappa shape index (κ1) is 16.8. The van der Waals surface area contributed by atoms with Gasteiger partial charge in [0, 0.05) is 30.7 Å². The topological polar surface area (TPSA) is 32.3 Å². The van der Waals surface area contributed by atoms with Crippen molar-refractivity contribution in [2.45, 2.75) is 63.5 Å². The molecule has 126 valence electrons. The largest absolute Gasteiger partial charge is 0.312 e. The van der Waals surface area contributed by atoms with Gasteiger partial charge >= 0.3 is 0 Å². The predicted octanol–water partition coefficient (Wildman–Crippen LogP) is 3.87. The molecular weight excluding hydrogens is 308 g/mol. The summed E-state index contributed by atoms with van der Waals surface area (Å²) in [7, 11) is 0. The van der Waals surface area contributed by atoms with Gasteiger partial charge in [-0.3, -0.25) is 4.79 Å². The lowest BCUT2D eigenvalue weighted by Crippen LogP contribution is -2.41. The van der Waals surface area contributed by atoms with E-state index >= 15 is 0 Å². The third-order valence-electron chi connectivity index (χ3n) is 5.88. The van der Waals surface area contributed by atoms with Crippen LogP contribution in [0.15, 0.2) is 24.3 Å². The fourth-order valence-electron chi connectivity index (χ4n) is 4.71. The fraction of sp³-hybridized carbons (Fsp3) is 0.632. The van der Waals surface area contributed by atoms with E-state index in [2.05, 4.69) is 41.4 Å². The van der Waals surface area contributed by atoms with Crippen LogP contribution in [0.2, 0.25) is 0 Å². The van der Waals surface area contributed by atoms with Crippen LogP contribution in [0.1, 0.15) is 56.9 Å². The van der Waals surface area contributed by atoms with Crippen molar-refractivity contribution in [1.82, 2.24) is 5.32 Å². The molecule has 0 aromatic heterocycles. The number of hydrogen-bond acceptors (Lipinski definition) is 2. The number of para-hydroxylation sites is 1. The number of halogens is 1. The van der Waals surface area contributed by atoms with Crippen molar-refractivity contribution in [3.8, 4) is 0 Å². The summed E-state index contributed by atoms with van der Waals surface area (Å²) >= 11 is 0. The maximum atomic E-state index is 12.9. The highest BCUT2D eigenvalue weighted by Gasteiger charge is 2.35. The van der Waals surface area contributed by atoms with Gasteiger partial charge in [-0.2, -0.15) is 0 Å². The summed E-state index contributed by atoms with van der Waals surface area (Å²) in [4.78, 5) is 14.9. The fourth-order valence-corrected chi connectivity index (χ4v) is 4.71. The molecule has 1 amide bonds. The first-order chi connectivity index (χ1) is 10.7. The van der Waals surface area contributed by atoms with Crippen molar-refractivity contribution in [2.75, 3.05) is 11.4 Å². The Labute approximate surface area is 145 Å². The predicted molar refractivity (Wildman–Crippen MR) is 96.4 cm³/mol. The summed E-state index contributed by atoms with van der Waals surface area (Å²) in [6.45, 7) is 3.15. The molecule has 3 heterocycles. The second-order valence-corrected chi connectivity index (χ2v) is 7.47. The average molecular weight is 335 g/mol. The highest BCUT2D eigenvalue weighted by molar-refractivity contribution is 5.94. The van der Waals surface area contributed by atoms with E-state index in [1.54, 1.807) is 0 Å². The number of fused-ring (bicyclic) bond motifs is 3. The Hall–Kier alpha value is -1.06. The van der Waals surface area contributed by atoms with Gasteiger partial charge in [0.2, 0.25) is 5.91 Å². The Kier molecular flexibility index (Phi) is 4.98. The zero-order valence-electron chi connectivity index (χ0n) is 13.8. The van der Waals surface area contributed by atoms with Crippen LogP contribution >= 0.6 is 12.4 Å². The quantitative estimate of drug-likeness (QED) is 0.890. The maximum Gasteiger partial charge on any atom is 0.227 e. The third-order valence-corrected chi connectivity index (χ3v) is 5.88. The molecule has 0 spiro atoms. The van der Waals surface area contributed by atoms with Crippen LogP contribution in [0.25, 0.3) is 0 Å². The Bertz CT molecular complexity index is 564. The Balaban J connectivity index is 0.00000156. The van der Waals surface area contributed by atoms with E-state index in [9.17, 15) is 4.79 Å². The van der Waals surface area contributed by atoms with Crippen LogP contribution in [-0.2, 0) is 4.79 Å². The van der Waals surface area contributed by atoms with E-state index < -0.39 is 0 Å². The van der Waals surface area contributed by atoms with Crippen LogP contribution in [0.5, 0.6) is 0 Å². The van der Waals surface area contributed by atoms with Crippen LogP contribution in [0.3, 0.4) is 0 Å². The monoisotopic (exact) mass is 334 g/mol. The molecule has 3 aliphatic heterocycles. The maximum absolute atomic E-state index is 12.9. The van der Waals surface area contributed by atoms with Crippen molar-refractivity contribution in [1.29, 1.82) is 0 Å². The smallest absolute Gasteiger partial charge is 0.227 e. The van der Waals surface area contributed by atoms with Crippen LogP contribution in [0.4, 0.5) is 5.69 Å². The lowest BCUT2D eigenvalue weighted by atomic mass is 9.87. The zero-order chi connectivity index (χ0) is 15.1.